The number of rotatable bonds is 5. The van der Waals surface area contributed by atoms with Crippen LogP contribution in [0, 0.1) is 5.92 Å². The van der Waals surface area contributed by atoms with Gasteiger partial charge in [-0.05, 0) is 56.2 Å². The summed E-state index contributed by atoms with van der Waals surface area (Å²) >= 11 is 1.80. The van der Waals surface area contributed by atoms with E-state index in [-0.39, 0.29) is 0 Å². The molecule has 0 amide bonds. The lowest BCUT2D eigenvalue weighted by Gasteiger charge is -2.27. The fourth-order valence-corrected chi connectivity index (χ4v) is 2.46. The summed E-state index contributed by atoms with van der Waals surface area (Å²) in [6.07, 6.45) is 6.40. The Labute approximate surface area is 103 Å². The van der Waals surface area contributed by atoms with E-state index in [0.29, 0.717) is 6.04 Å². The first-order chi connectivity index (χ1) is 7.79. The van der Waals surface area contributed by atoms with Crippen LogP contribution >= 0.6 is 11.8 Å². The Kier molecular flexibility index (Phi) is 4.30. The van der Waals surface area contributed by atoms with Gasteiger partial charge < -0.3 is 5.32 Å². The van der Waals surface area contributed by atoms with Gasteiger partial charge in [-0.2, -0.15) is 0 Å². The Morgan fingerprint density at radius 3 is 2.50 bits per heavy atom. The second-order valence-corrected chi connectivity index (χ2v) is 5.58. The van der Waals surface area contributed by atoms with Crippen molar-refractivity contribution in [3.8, 4) is 0 Å². The van der Waals surface area contributed by atoms with Gasteiger partial charge in [0.25, 0.3) is 0 Å². The molecule has 16 heavy (non-hydrogen) atoms. The molecule has 2 rings (SSSR count). The molecule has 0 aliphatic heterocycles. The third-order valence-electron chi connectivity index (χ3n) is 3.55. The summed E-state index contributed by atoms with van der Waals surface area (Å²) < 4.78 is 0. The summed E-state index contributed by atoms with van der Waals surface area (Å²) in [6, 6.07) is 9.38. The fraction of sp³-hybridized carbons (Fsp3) is 0.571. The average Bonchev–Trinajstić information content (AvgIpc) is 2.27. The average molecular weight is 235 g/mol. The van der Waals surface area contributed by atoms with Crippen molar-refractivity contribution in [2.45, 2.75) is 37.1 Å². The maximum atomic E-state index is 3.63. The van der Waals surface area contributed by atoms with Crippen molar-refractivity contribution in [1.29, 1.82) is 0 Å². The lowest BCUT2D eigenvalue weighted by molar-refractivity contribution is 0.292. The monoisotopic (exact) mass is 235 g/mol. The summed E-state index contributed by atoms with van der Waals surface area (Å²) in [5.74, 6) is 0.938. The van der Waals surface area contributed by atoms with Crippen LogP contribution in [0.2, 0.25) is 0 Å². The van der Waals surface area contributed by atoms with Crippen LogP contribution < -0.4 is 5.32 Å². The van der Waals surface area contributed by atoms with Gasteiger partial charge in [0, 0.05) is 10.9 Å². The summed E-state index contributed by atoms with van der Waals surface area (Å²) in [5, 5.41) is 3.63. The van der Waals surface area contributed by atoms with E-state index >= 15 is 0 Å². The Morgan fingerprint density at radius 2 is 2.00 bits per heavy atom. The molecule has 1 atom stereocenters. The molecule has 0 aromatic heterocycles. The zero-order chi connectivity index (χ0) is 11.4. The Bertz CT molecular complexity index is 316. The fourth-order valence-electron chi connectivity index (χ4n) is 2.05. The number of benzene rings is 1. The second kappa shape index (κ2) is 5.74. The highest BCUT2D eigenvalue weighted by Crippen LogP contribution is 2.26. The lowest BCUT2D eigenvalue weighted by Crippen LogP contribution is -2.29. The molecule has 1 aromatic rings. The number of nitrogens with one attached hydrogen (secondary N) is 1. The minimum absolute atomic E-state index is 0.483. The first kappa shape index (κ1) is 12.0. The Morgan fingerprint density at radius 1 is 1.31 bits per heavy atom. The lowest BCUT2D eigenvalue weighted by atomic mass is 9.85. The molecule has 2 heteroatoms. The number of hydrogen-bond donors (Lipinski definition) is 1. The van der Waals surface area contributed by atoms with Gasteiger partial charge in [0.1, 0.15) is 0 Å². The summed E-state index contributed by atoms with van der Waals surface area (Å²) in [7, 11) is 0. The standard InChI is InChI=1S/C14H21NS/c1-11(15-10-12-4-3-5-12)13-6-8-14(16-2)9-7-13/h6-9,11-12,15H,3-5,10H2,1-2H3. The molecular weight excluding hydrogens is 214 g/mol. The van der Waals surface area contributed by atoms with E-state index in [2.05, 4.69) is 42.8 Å². The quantitative estimate of drug-likeness (QED) is 0.778. The van der Waals surface area contributed by atoms with Gasteiger partial charge in [0.15, 0.2) is 0 Å². The molecule has 0 spiro atoms. The van der Waals surface area contributed by atoms with Crippen molar-refractivity contribution in [3.63, 3.8) is 0 Å². The molecular formula is C14H21NS. The van der Waals surface area contributed by atoms with Gasteiger partial charge in [-0.3, -0.25) is 0 Å². The molecule has 0 saturated heterocycles. The molecule has 1 aliphatic rings. The number of hydrogen-bond acceptors (Lipinski definition) is 2. The summed E-state index contributed by atoms with van der Waals surface area (Å²) in [6.45, 7) is 3.44. The molecule has 1 aliphatic carbocycles. The third-order valence-corrected chi connectivity index (χ3v) is 4.30. The SMILES string of the molecule is CSc1ccc(C(C)NCC2CCC2)cc1. The van der Waals surface area contributed by atoms with Gasteiger partial charge in [-0.1, -0.05) is 18.6 Å². The van der Waals surface area contributed by atoms with E-state index in [9.17, 15) is 0 Å². The molecule has 88 valence electrons. The van der Waals surface area contributed by atoms with Crippen LogP contribution in [-0.2, 0) is 0 Å². The Hall–Kier alpha value is -0.470. The van der Waals surface area contributed by atoms with Crippen molar-refractivity contribution in [2.75, 3.05) is 12.8 Å². The molecule has 0 radical (unpaired) electrons. The largest absolute Gasteiger partial charge is 0.310 e. The predicted octanol–water partition coefficient (Wildman–Crippen LogP) is 3.86. The van der Waals surface area contributed by atoms with Crippen molar-refractivity contribution < 1.29 is 0 Å². The van der Waals surface area contributed by atoms with Crippen molar-refractivity contribution in [3.05, 3.63) is 29.8 Å². The molecule has 1 saturated carbocycles. The molecule has 1 fully saturated rings. The van der Waals surface area contributed by atoms with Crippen molar-refractivity contribution in [1.82, 2.24) is 5.32 Å². The Balaban J connectivity index is 1.84. The third kappa shape index (κ3) is 3.02. The van der Waals surface area contributed by atoms with E-state index in [1.54, 1.807) is 11.8 Å². The highest BCUT2D eigenvalue weighted by molar-refractivity contribution is 7.98. The van der Waals surface area contributed by atoms with E-state index < -0.39 is 0 Å². The van der Waals surface area contributed by atoms with Gasteiger partial charge in [-0.15, -0.1) is 11.8 Å². The molecule has 1 nitrogen and oxygen atoms in total. The number of thioether (sulfide) groups is 1. The minimum Gasteiger partial charge on any atom is -0.310 e. The van der Waals surface area contributed by atoms with E-state index in [1.807, 2.05) is 0 Å². The van der Waals surface area contributed by atoms with Crippen LogP contribution in [-0.4, -0.2) is 12.8 Å². The first-order valence-electron chi connectivity index (χ1n) is 6.17. The van der Waals surface area contributed by atoms with Crippen LogP contribution in [0.3, 0.4) is 0 Å². The van der Waals surface area contributed by atoms with Crippen molar-refractivity contribution >= 4 is 11.8 Å². The van der Waals surface area contributed by atoms with Gasteiger partial charge in [-0.25, -0.2) is 0 Å². The summed E-state index contributed by atoms with van der Waals surface area (Å²) in [5.41, 5.74) is 1.40. The van der Waals surface area contributed by atoms with Gasteiger partial charge >= 0.3 is 0 Å². The van der Waals surface area contributed by atoms with E-state index in [1.165, 1.54) is 36.3 Å². The molecule has 1 N–H and O–H groups in total. The normalized spacial score (nSPS) is 18.1. The smallest absolute Gasteiger partial charge is 0.0291 e. The zero-order valence-corrected chi connectivity index (χ0v) is 11.0. The maximum Gasteiger partial charge on any atom is 0.0291 e. The molecule has 0 bridgehead atoms. The topological polar surface area (TPSA) is 12.0 Å². The van der Waals surface area contributed by atoms with E-state index in [4.69, 9.17) is 0 Å². The van der Waals surface area contributed by atoms with Gasteiger partial charge in [0.2, 0.25) is 0 Å². The van der Waals surface area contributed by atoms with Crippen LogP contribution in [0.4, 0.5) is 0 Å². The second-order valence-electron chi connectivity index (χ2n) is 4.70. The predicted molar refractivity (Wildman–Crippen MR) is 72.0 cm³/mol. The highest BCUT2D eigenvalue weighted by Gasteiger charge is 2.17. The van der Waals surface area contributed by atoms with Crippen molar-refractivity contribution in [2.24, 2.45) is 5.92 Å². The van der Waals surface area contributed by atoms with Crippen LogP contribution in [0.25, 0.3) is 0 Å². The highest BCUT2D eigenvalue weighted by atomic mass is 32.2. The maximum absolute atomic E-state index is 3.63. The van der Waals surface area contributed by atoms with E-state index in [0.717, 1.165) is 5.92 Å². The minimum atomic E-state index is 0.483. The molecule has 1 aromatic carbocycles. The zero-order valence-electron chi connectivity index (χ0n) is 10.2. The van der Waals surface area contributed by atoms with Crippen LogP contribution in [0.15, 0.2) is 29.2 Å². The van der Waals surface area contributed by atoms with Gasteiger partial charge in [0.05, 0.1) is 0 Å². The van der Waals surface area contributed by atoms with Crippen LogP contribution in [0.5, 0.6) is 0 Å². The van der Waals surface area contributed by atoms with Crippen LogP contribution in [0.1, 0.15) is 37.8 Å². The molecule has 1 unspecified atom stereocenters. The first-order valence-corrected chi connectivity index (χ1v) is 7.39. The summed E-state index contributed by atoms with van der Waals surface area (Å²) in [4.78, 5) is 1.34. The molecule has 0 heterocycles.